The Kier molecular flexibility index (Phi) is 11.4. The molecule has 0 amide bonds. The minimum Gasteiger partial charge on any atom is -0.429 e. The summed E-state index contributed by atoms with van der Waals surface area (Å²) in [4.78, 5) is 0. The summed E-state index contributed by atoms with van der Waals surface area (Å²) in [7, 11) is 0. The van der Waals surface area contributed by atoms with Crippen molar-refractivity contribution < 1.29 is 35.5 Å². The molecule has 0 bridgehead atoms. The molecule has 3 aromatic rings. The molecule has 0 unspecified atom stereocenters. The van der Waals surface area contributed by atoms with E-state index in [9.17, 15) is 13.2 Å². The average molecular weight is 661 g/mol. The number of benzene rings is 3. The summed E-state index contributed by atoms with van der Waals surface area (Å²) in [6.07, 6.45) is 11.2. The number of ether oxygens (including phenoxy) is 1. The van der Waals surface area contributed by atoms with Gasteiger partial charge < -0.3 is 4.74 Å². The Morgan fingerprint density at radius 1 is 0.745 bits per heavy atom. The molecule has 0 radical (unpaired) electrons. The van der Waals surface area contributed by atoms with Crippen LogP contribution >= 0.6 is 0 Å². The summed E-state index contributed by atoms with van der Waals surface area (Å²) >= 11 is 0. The van der Waals surface area contributed by atoms with Crippen LogP contribution in [-0.4, -0.2) is 0 Å². The van der Waals surface area contributed by atoms with E-state index in [1.807, 2.05) is 6.92 Å². The number of halogens is 7. The Morgan fingerprint density at radius 2 is 1.34 bits per heavy atom. The molecule has 8 heteroatoms. The molecule has 2 aliphatic rings. The molecule has 0 saturated heterocycles. The number of hydrogen-bond donors (Lipinski definition) is 0. The van der Waals surface area contributed by atoms with Crippen LogP contribution < -0.4 is 4.74 Å². The van der Waals surface area contributed by atoms with Crippen LogP contribution in [0.15, 0.2) is 54.6 Å². The first kappa shape index (κ1) is 35.0. The first-order chi connectivity index (χ1) is 22.5. The predicted octanol–water partition coefficient (Wildman–Crippen LogP) is 12.6. The zero-order chi connectivity index (χ0) is 33.7. The molecule has 0 aliphatic heterocycles. The Hall–Kier alpha value is -3.29. The fourth-order valence-electron chi connectivity index (χ4n) is 7.72. The van der Waals surface area contributed by atoms with E-state index < -0.39 is 46.5 Å². The van der Waals surface area contributed by atoms with Crippen molar-refractivity contribution in [2.75, 3.05) is 0 Å². The monoisotopic (exact) mass is 660 g/mol. The van der Waals surface area contributed by atoms with Crippen molar-refractivity contribution in [3.8, 4) is 16.9 Å². The number of hydrogen-bond acceptors (Lipinski definition) is 1. The van der Waals surface area contributed by atoms with Crippen LogP contribution in [0.25, 0.3) is 11.1 Å². The van der Waals surface area contributed by atoms with Crippen molar-refractivity contribution in [2.24, 2.45) is 17.8 Å². The van der Waals surface area contributed by atoms with E-state index in [1.54, 1.807) is 6.92 Å². The second kappa shape index (κ2) is 15.3. The third-order valence-corrected chi connectivity index (χ3v) is 10.3. The van der Waals surface area contributed by atoms with Gasteiger partial charge in [0.15, 0.2) is 0 Å². The van der Waals surface area contributed by atoms with Gasteiger partial charge in [-0.25, -0.2) is 22.0 Å². The Bertz CT molecular complexity index is 1500. The molecule has 254 valence electrons. The second-order valence-corrected chi connectivity index (χ2v) is 13.3. The maximum absolute atomic E-state index is 15.2. The van der Waals surface area contributed by atoms with Crippen molar-refractivity contribution in [1.29, 1.82) is 0 Å². The molecule has 2 saturated carbocycles. The van der Waals surface area contributed by atoms with Gasteiger partial charge in [0.2, 0.25) is 0 Å². The van der Waals surface area contributed by atoms with Gasteiger partial charge in [-0.05, 0) is 136 Å². The first-order valence-corrected chi connectivity index (χ1v) is 17.0. The van der Waals surface area contributed by atoms with Crippen LogP contribution in [0.2, 0.25) is 0 Å². The van der Waals surface area contributed by atoms with Gasteiger partial charge in [-0.1, -0.05) is 38.3 Å². The van der Waals surface area contributed by atoms with Crippen molar-refractivity contribution in [3.05, 3.63) is 100 Å². The molecule has 1 nitrogen and oxygen atoms in total. The smallest absolute Gasteiger partial charge is 0.429 e. The lowest BCUT2D eigenvalue weighted by atomic mass is 9.68. The predicted molar refractivity (Wildman–Crippen MR) is 171 cm³/mol. The summed E-state index contributed by atoms with van der Waals surface area (Å²) in [6.45, 7) is 3.81. The zero-order valence-electron chi connectivity index (χ0n) is 27.0. The van der Waals surface area contributed by atoms with Crippen LogP contribution in [0.4, 0.5) is 30.7 Å². The standard InChI is InChI=1S/C39H43F7O/c1-3-5-6-8-24-9-11-25(12-10-24)26-13-15-27(16-14-26)28-19-36(43)38(37(44)20-28)39(45,46)47-30-17-18-31(35(42)23-30)29-21-33(40)32(7-4-2)34(41)22-29/h3,5,17-27H,4,6-16H2,1-2H3/b5-3+. The molecular formula is C39H43F7O. The van der Waals surface area contributed by atoms with Crippen molar-refractivity contribution in [2.45, 2.75) is 103 Å². The molecule has 0 spiro atoms. The summed E-state index contributed by atoms with van der Waals surface area (Å²) in [6, 6.07) is 6.45. The van der Waals surface area contributed by atoms with Crippen LogP contribution in [0, 0.1) is 46.8 Å². The summed E-state index contributed by atoms with van der Waals surface area (Å²) < 4.78 is 109. The average Bonchev–Trinajstić information content (AvgIpc) is 3.02. The summed E-state index contributed by atoms with van der Waals surface area (Å²) in [5.41, 5.74) is -1.69. The van der Waals surface area contributed by atoms with Gasteiger partial charge in [-0.15, -0.1) is 0 Å². The fraction of sp³-hybridized carbons (Fsp3) is 0.487. The van der Waals surface area contributed by atoms with Gasteiger partial charge in [-0.3, -0.25) is 0 Å². The third-order valence-electron chi connectivity index (χ3n) is 10.3. The van der Waals surface area contributed by atoms with Gasteiger partial charge in [0, 0.05) is 17.2 Å². The highest BCUT2D eigenvalue weighted by Crippen LogP contribution is 2.46. The molecular weight excluding hydrogens is 617 g/mol. The second-order valence-electron chi connectivity index (χ2n) is 13.3. The van der Waals surface area contributed by atoms with E-state index in [-0.39, 0.29) is 29.0 Å². The molecule has 3 aromatic carbocycles. The molecule has 2 aliphatic carbocycles. The van der Waals surface area contributed by atoms with Crippen molar-refractivity contribution in [1.82, 2.24) is 0 Å². The fourth-order valence-corrected chi connectivity index (χ4v) is 7.72. The van der Waals surface area contributed by atoms with Gasteiger partial charge in [0.25, 0.3) is 0 Å². The van der Waals surface area contributed by atoms with Crippen LogP contribution in [-0.2, 0) is 12.5 Å². The normalized spacial score (nSPS) is 22.1. The Morgan fingerprint density at radius 3 is 1.89 bits per heavy atom. The highest BCUT2D eigenvalue weighted by Gasteiger charge is 2.42. The number of rotatable bonds is 11. The highest BCUT2D eigenvalue weighted by atomic mass is 19.3. The largest absolute Gasteiger partial charge is 0.432 e. The van der Waals surface area contributed by atoms with Gasteiger partial charge >= 0.3 is 6.11 Å². The molecule has 0 atom stereocenters. The minimum atomic E-state index is -4.45. The maximum atomic E-state index is 15.2. The van der Waals surface area contributed by atoms with E-state index in [2.05, 4.69) is 16.9 Å². The number of allylic oxidation sites excluding steroid dienone is 2. The molecule has 0 aromatic heterocycles. The highest BCUT2D eigenvalue weighted by molar-refractivity contribution is 5.65. The topological polar surface area (TPSA) is 9.23 Å². The quantitative estimate of drug-likeness (QED) is 0.147. The van der Waals surface area contributed by atoms with Crippen molar-refractivity contribution in [3.63, 3.8) is 0 Å². The van der Waals surface area contributed by atoms with Gasteiger partial charge in [0.1, 0.15) is 40.4 Å². The van der Waals surface area contributed by atoms with E-state index in [1.165, 1.54) is 32.1 Å². The SMILES string of the molecule is C/C=C/CCC1CCC(C2CCC(c3cc(F)c(C(F)(F)Oc4ccc(-c5cc(F)c(CCC)c(F)c5)c(F)c4)c(F)c3)CC2)CC1. The van der Waals surface area contributed by atoms with Gasteiger partial charge in [-0.2, -0.15) is 8.78 Å². The van der Waals surface area contributed by atoms with Crippen LogP contribution in [0.1, 0.15) is 107 Å². The zero-order valence-corrected chi connectivity index (χ0v) is 27.0. The molecule has 0 N–H and O–H groups in total. The van der Waals surface area contributed by atoms with Crippen LogP contribution in [0.5, 0.6) is 5.75 Å². The first-order valence-electron chi connectivity index (χ1n) is 17.0. The number of alkyl halides is 2. The lowest BCUT2D eigenvalue weighted by Gasteiger charge is -2.38. The molecule has 2 fully saturated rings. The summed E-state index contributed by atoms with van der Waals surface area (Å²) in [5.74, 6) is -4.42. The lowest BCUT2D eigenvalue weighted by Crippen LogP contribution is -2.27. The Balaban J connectivity index is 1.22. The molecule has 0 heterocycles. The van der Waals surface area contributed by atoms with E-state index in [4.69, 9.17) is 0 Å². The third kappa shape index (κ3) is 8.24. The van der Waals surface area contributed by atoms with Crippen molar-refractivity contribution >= 4 is 0 Å². The summed E-state index contributed by atoms with van der Waals surface area (Å²) in [5, 5.41) is 0. The van der Waals surface area contributed by atoms with Crippen LogP contribution in [0.3, 0.4) is 0 Å². The van der Waals surface area contributed by atoms with E-state index in [0.717, 1.165) is 74.4 Å². The molecule has 5 rings (SSSR count). The Labute approximate surface area is 273 Å². The van der Waals surface area contributed by atoms with Gasteiger partial charge in [0.05, 0.1) is 0 Å². The lowest BCUT2D eigenvalue weighted by molar-refractivity contribution is -0.189. The van der Waals surface area contributed by atoms with E-state index >= 15 is 17.6 Å². The maximum Gasteiger partial charge on any atom is 0.432 e. The minimum absolute atomic E-state index is 0.122. The molecule has 47 heavy (non-hydrogen) atoms. The van der Waals surface area contributed by atoms with E-state index in [0.29, 0.717) is 29.9 Å².